The topological polar surface area (TPSA) is 96.0 Å². The van der Waals surface area contributed by atoms with Crippen LogP contribution in [0.3, 0.4) is 0 Å². The molecule has 0 radical (unpaired) electrons. The van der Waals surface area contributed by atoms with E-state index < -0.39 is 0 Å². The molecule has 2 aromatic carbocycles. The summed E-state index contributed by atoms with van der Waals surface area (Å²) in [5.74, 6) is -0.273. The maximum Gasteiger partial charge on any atom is 0.237 e. The first-order valence-corrected chi connectivity index (χ1v) is 10.2. The molecule has 0 fully saturated rings. The van der Waals surface area contributed by atoms with Crippen molar-refractivity contribution >= 4 is 57.1 Å². The predicted octanol–water partition coefficient (Wildman–Crippen LogP) is 4.36. The Bertz CT molecular complexity index is 944. The van der Waals surface area contributed by atoms with Gasteiger partial charge in [-0.25, -0.2) is 0 Å². The second kappa shape index (κ2) is 9.34. The van der Waals surface area contributed by atoms with E-state index in [4.69, 9.17) is 0 Å². The van der Waals surface area contributed by atoms with Crippen molar-refractivity contribution in [1.82, 2.24) is 10.2 Å². The van der Waals surface area contributed by atoms with Crippen LogP contribution in [0.25, 0.3) is 0 Å². The molecule has 28 heavy (non-hydrogen) atoms. The zero-order chi connectivity index (χ0) is 19.9. The highest BCUT2D eigenvalue weighted by Gasteiger charge is 2.17. The number of nitrogens with one attached hydrogen (secondary N) is 3. The predicted molar refractivity (Wildman–Crippen MR) is 114 cm³/mol. The van der Waals surface area contributed by atoms with Gasteiger partial charge in [0.2, 0.25) is 16.9 Å². The van der Waals surface area contributed by atoms with E-state index in [0.29, 0.717) is 20.8 Å². The number of carbonyl (C=O) groups is 2. The van der Waals surface area contributed by atoms with E-state index >= 15 is 0 Å². The molecule has 2 amide bonds. The molecule has 3 aromatic rings. The molecule has 144 valence electrons. The molecule has 0 saturated heterocycles. The third-order valence-corrected chi connectivity index (χ3v) is 5.57. The Morgan fingerprint density at radius 1 is 0.929 bits per heavy atom. The molecular weight excluding hydrogens is 394 g/mol. The van der Waals surface area contributed by atoms with E-state index in [9.17, 15) is 9.59 Å². The maximum absolute atomic E-state index is 12.4. The third kappa shape index (κ3) is 5.80. The third-order valence-electron chi connectivity index (χ3n) is 3.55. The summed E-state index contributed by atoms with van der Waals surface area (Å²) in [4.78, 5) is 23.5. The number of para-hydroxylation sites is 1. The van der Waals surface area contributed by atoms with Crippen molar-refractivity contribution < 1.29 is 9.59 Å². The van der Waals surface area contributed by atoms with Crippen LogP contribution in [-0.4, -0.2) is 27.3 Å². The van der Waals surface area contributed by atoms with Crippen LogP contribution in [0.1, 0.15) is 13.8 Å². The van der Waals surface area contributed by atoms with Gasteiger partial charge in [-0.15, -0.1) is 10.2 Å². The van der Waals surface area contributed by atoms with Crippen molar-refractivity contribution in [3.8, 4) is 0 Å². The molecular formula is C19H19N5O2S2. The van der Waals surface area contributed by atoms with Crippen LogP contribution < -0.4 is 16.0 Å². The number of anilines is 4. The molecule has 1 aromatic heterocycles. The van der Waals surface area contributed by atoms with E-state index in [-0.39, 0.29) is 17.1 Å². The molecule has 0 spiro atoms. The summed E-state index contributed by atoms with van der Waals surface area (Å²) in [6, 6.07) is 16.7. The molecule has 0 saturated carbocycles. The summed E-state index contributed by atoms with van der Waals surface area (Å²) in [6.07, 6.45) is 0. The van der Waals surface area contributed by atoms with E-state index in [1.165, 1.54) is 30.0 Å². The second-order valence-electron chi connectivity index (χ2n) is 5.87. The van der Waals surface area contributed by atoms with Gasteiger partial charge in [0, 0.05) is 24.0 Å². The van der Waals surface area contributed by atoms with Crippen LogP contribution in [0.2, 0.25) is 0 Å². The number of benzene rings is 2. The van der Waals surface area contributed by atoms with Gasteiger partial charge in [0.05, 0.1) is 5.25 Å². The van der Waals surface area contributed by atoms with Crippen LogP contribution >= 0.6 is 23.1 Å². The maximum atomic E-state index is 12.4. The fourth-order valence-electron chi connectivity index (χ4n) is 2.24. The number of aromatic nitrogens is 2. The Kier molecular flexibility index (Phi) is 6.62. The second-order valence-corrected chi connectivity index (χ2v) is 8.44. The van der Waals surface area contributed by atoms with Crippen LogP contribution in [0.4, 0.5) is 22.2 Å². The molecule has 0 aliphatic rings. The number of carbonyl (C=O) groups excluding carboxylic acids is 2. The fraction of sp³-hybridized carbons (Fsp3) is 0.158. The SMILES string of the molecule is CC(=O)Nc1ccc(NC(=O)C(C)Sc2nnc(Nc3ccccc3)s2)cc1. The summed E-state index contributed by atoms with van der Waals surface area (Å²) in [6.45, 7) is 3.26. The van der Waals surface area contributed by atoms with Gasteiger partial charge in [0.1, 0.15) is 0 Å². The number of hydrogen-bond acceptors (Lipinski definition) is 7. The fourth-order valence-corrected chi connectivity index (χ4v) is 4.16. The highest BCUT2D eigenvalue weighted by atomic mass is 32.2. The van der Waals surface area contributed by atoms with Crippen molar-refractivity contribution in [1.29, 1.82) is 0 Å². The number of nitrogens with zero attached hydrogens (tertiary/aromatic N) is 2. The van der Waals surface area contributed by atoms with Crippen molar-refractivity contribution in [3.05, 3.63) is 54.6 Å². The van der Waals surface area contributed by atoms with Crippen molar-refractivity contribution in [2.24, 2.45) is 0 Å². The molecule has 1 unspecified atom stereocenters. The van der Waals surface area contributed by atoms with E-state index in [0.717, 1.165) is 5.69 Å². The lowest BCUT2D eigenvalue weighted by atomic mass is 10.2. The van der Waals surface area contributed by atoms with Gasteiger partial charge in [-0.2, -0.15) is 0 Å². The van der Waals surface area contributed by atoms with Gasteiger partial charge < -0.3 is 16.0 Å². The van der Waals surface area contributed by atoms with Crippen molar-refractivity contribution in [3.63, 3.8) is 0 Å². The van der Waals surface area contributed by atoms with E-state index in [1.54, 1.807) is 24.3 Å². The first-order chi connectivity index (χ1) is 13.5. The summed E-state index contributed by atoms with van der Waals surface area (Å²) < 4.78 is 0.710. The first-order valence-electron chi connectivity index (χ1n) is 8.50. The van der Waals surface area contributed by atoms with Crippen molar-refractivity contribution in [2.45, 2.75) is 23.4 Å². The Morgan fingerprint density at radius 2 is 1.57 bits per heavy atom. The van der Waals surface area contributed by atoms with Crippen LogP contribution in [0.5, 0.6) is 0 Å². The number of rotatable bonds is 7. The average molecular weight is 414 g/mol. The van der Waals surface area contributed by atoms with Gasteiger partial charge in [0.25, 0.3) is 0 Å². The minimum Gasteiger partial charge on any atom is -0.330 e. The smallest absolute Gasteiger partial charge is 0.237 e. The largest absolute Gasteiger partial charge is 0.330 e. The van der Waals surface area contributed by atoms with Gasteiger partial charge in [-0.3, -0.25) is 9.59 Å². The standard InChI is InChI=1S/C19H19N5O2S2/c1-12(17(26)21-16-10-8-15(9-11-16)20-13(2)25)27-19-24-23-18(28-19)22-14-6-4-3-5-7-14/h3-12H,1-2H3,(H,20,25)(H,21,26)(H,22,23). The van der Waals surface area contributed by atoms with Crippen LogP contribution in [-0.2, 0) is 9.59 Å². The molecule has 9 heteroatoms. The number of hydrogen-bond donors (Lipinski definition) is 3. The lowest BCUT2D eigenvalue weighted by molar-refractivity contribution is -0.115. The zero-order valence-corrected chi connectivity index (χ0v) is 16.9. The quantitative estimate of drug-likeness (QED) is 0.498. The molecule has 0 aliphatic heterocycles. The number of amides is 2. The average Bonchev–Trinajstić information content (AvgIpc) is 3.10. The highest BCUT2D eigenvalue weighted by molar-refractivity contribution is 8.02. The molecule has 0 bridgehead atoms. The van der Waals surface area contributed by atoms with Gasteiger partial charge in [-0.05, 0) is 43.3 Å². The zero-order valence-electron chi connectivity index (χ0n) is 15.3. The normalized spacial score (nSPS) is 11.5. The first kappa shape index (κ1) is 19.8. The Morgan fingerprint density at radius 3 is 2.21 bits per heavy atom. The Labute approximate surface area is 171 Å². The molecule has 7 nitrogen and oxygen atoms in total. The van der Waals surface area contributed by atoms with Gasteiger partial charge >= 0.3 is 0 Å². The van der Waals surface area contributed by atoms with Gasteiger partial charge in [-0.1, -0.05) is 41.3 Å². The van der Waals surface area contributed by atoms with Gasteiger partial charge in [0.15, 0.2) is 4.34 Å². The summed E-state index contributed by atoms with van der Waals surface area (Å²) >= 11 is 2.75. The van der Waals surface area contributed by atoms with Crippen LogP contribution in [0, 0.1) is 0 Å². The van der Waals surface area contributed by atoms with E-state index in [2.05, 4.69) is 26.1 Å². The molecule has 0 aliphatic carbocycles. The lowest BCUT2D eigenvalue weighted by Gasteiger charge is -2.11. The Hall–Kier alpha value is -2.91. The molecule has 1 heterocycles. The summed E-state index contributed by atoms with van der Waals surface area (Å²) in [7, 11) is 0. The summed E-state index contributed by atoms with van der Waals surface area (Å²) in [5.41, 5.74) is 2.28. The van der Waals surface area contributed by atoms with Crippen LogP contribution in [0.15, 0.2) is 58.9 Å². The molecule has 3 rings (SSSR count). The Balaban J connectivity index is 1.53. The highest BCUT2D eigenvalue weighted by Crippen LogP contribution is 2.30. The van der Waals surface area contributed by atoms with Crippen molar-refractivity contribution in [2.75, 3.05) is 16.0 Å². The summed E-state index contributed by atoms with van der Waals surface area (Å²) in [5, 5.41) is 17.3. The molecule has 1 atom stereocenters. The minimum absolute atomic E-state index is 0.134. The minimum atomic E-state index is -0.340. The van der Waals surface area contributed by atoms with E-state index in [1.807, 2.05) is 37.3 Å². The lowest BCUT2D eigenvalue weighted by Crippen LogP contribution is -2.22. The monoisotopic (exact) mass is 413 g/mol. The number of thioether (sulfide) groups is 1. The molecule has 3 N–H and O–H groups in total.